The number of anilines is 1. The number of aryl methyl sites for hydroxylation is 2. The van der Waals surface area contributed by atoms with Gasteiger partial charge >= 0.3 is 0 Å². The molecule has 1 aliphatic heterocycles. The lowest BCUT2D eigenvalue weighted by atomic mass is 10.00. The monoisotopic (exact) mass is 379 g/mol. The molecule has 1 aliphatic rings. The molecule has 3 heterocycles. The fourth-order valence-electron chi connectivity index (χ4n) is 3.63. The van der Waals surface area contributed by atoms with Crippen molar-refractivity contribution in [3.8, 4) is 22.6 Å². The van der Waals surface area contributed by atoms with Crippen LogP contribution < -0.4 is 14.4 Å². The highest BCUT2D eigenvalue weighted by atomic mass is 16.5. The highest BCUT2D eigenvalue weighted by Crippen LogP contribution is 2.45. The number of amides is 1. The zero-order valence-corrected chi connectivity index (χ0v) is 16.2. The minimum absolute atomic E-state index is 0.0228. The molecule has 2 aromatic heterocycles. The number of hydrogen-bond donors (Lipinski definition) is 0. The van der Waals surface area contributed by atoms with Gasteiger partial charge in [0.1, 0.15) is 17.3 Å². The zero-order chi connectivity index (χ0) is 19.8. The summed E-state index contributed by atoms with van der Waals surface area (Å²) in [6, 6.07) is 7.34. The lowest BCUT2D eigenvalue weighted by Gasteiger charge is -2.34. The molecule has 7 heteroatoms. The van der Waals surface area contributed by atoms with E-state index in [-0.39, 0.29) is 18.6 Å². The predicted octanol–water partition coefficient (Wildman–Crippen LogP) is 3.85. The summed E-state index contributed by atoms with van der Waals surface area (Å²) in [5, 5.41) is 4.03. The summed E-state index contributed by atoms with van der Waals surface area (Å²) >= 11 is 0. The van der Waals surface area contributed by atoms with Crippen molar-refractivity contribution in [2.45, 2.75) is 26.8 Å². The summed E-state index contributed by atoms with van der Waals surface area (Å²) in [4.78, 5) is 18.6. The first-order chi connectivity index (χ1) is 13.5. The molecule has 28 heavy (non-hydrogen) atoms. The second kappa shape index (κ2) is 6.99. The van der Waals surface area contributed by atoms with Crippen molar-refractivity contribution in [3.05, 3.63) is 53.7 Å². The van der Waals surface area contributed by atoms with Crippen LogP contribution >= 0.6 is 0 Å². The number of benzene rings is 1. The Kier molecular flexibility index (Phi) is 4.50. The number of methoxy groups -OCH3 is 1. The van der Waals surface area contributed by atoms with Gasteiger partial charge in [-0.1, -0.05) is 11.2 Å². The Morgan fingerprint density at radius 1 is 1.29 bits per heavy atom. The van der Waals surface area contributed by atoms with Gasteiger partial charge in [-0.25, -0.2) is 0 Å². The Hall–Kier alpha value is -3.35. The first kappa shape index (κ1) is 18.0. The van der Waals surface area contributed by atoms with E-state index in [9.17, 15) is 4.79 Å². The normalized spacial score (nSPS) is 14.4. The summed E-state index contributed by atoms with van der Waals surface area (Å²) in [5.74, 6) is 1.82. The van der Waals surface area contributed by atoms with Gasteiger partial charge in [-0.2, -0.15) is 0 Å². The molecule has 1 aromatic carbocycles. The number of carbonyl (C=O) groups excluding carboxylic acids is 1. The van der Waals surface area contributed by atoms with Crippen LogP contribution in [0.1, 0.15) is 30.0 Å². The molecule has 0 saturated carbocycles. The van der Waals surface area contributed by atoms with Crippen molar-refractivity contribution in [2.24, 2.45) is 0 Å². The second-order valence-corrected chi connectivity index (χ2v) is 6.73. The highest BCUT2D eigenvalue weighted by Gasteiger charge is 2.32. The van der Waals surface area contributed by atoms with E-state index in [1.165, 1.54) is 0 Å². The molecule has 1 unspecified atom stereocenters. The number of nitrogens with zero attached hydrogens (tertiary/aromatic N) is 3. The van der Waals surface area contributed by atoms with Crippen LogP contribution in [0.3, 0.4) is 0 Å². The van der Waals surface area contributed by atoms with Crippen molar-refractivity contribution in [2.75, 3.05) is 18.6 Å². The molecule has 0 saturated heterocycles. The maximum Gasteiger partial charge on any atom is 0.265 e. The van der Waals surface area contributed by atoms with Crippen molar-refractivity contribution >= 4 is 11.6 Å². The van der Waals surface area contributed by atoms with Crippen LogP contribution in [-0.2, 0) is 4.79 Å². The van der Waals surface area contributed by atoms with Gasteiger partial charge in [-0.05, 0) is 38.5 Å². The highest BCUT2D eigenvalue weighted by molar-refractivity contribution is 5.99. The first-order valence-corrected chi connectivity index (χ1v) is 9.01. The quantitative estimate of drug-likeness (QED) is 0.685. The van der Waals surface area contributed by atoms with Gasteiger partial charge in [0.25, 0.3) is 5.91 Å². The molecule has 0 N–H and O–H groups in total. The van der Waals surface area contributed by atoms with Crippen LogP contribution in [0, 0.1) is 13.8 Å². The Balaban J connectivity index is 1.85. The molecule has 1 amide bonds. The molecule has 0 fully saturated rings. The molecule has 0 aliphatic carbocycles. The molecular formula is C21H21N3O4. The molecular weight excluding hydrogens is 358 g/mol. The topological polar surface area (TPSA) is 77.7 Å². The molecule has 0 radical (unpaired) electrons. The predicted molar refractivity (Wildman–Crippen MR) is 104 cm³/mol. The third-order valence-corrected chi connectivity index (χ3v) is 5.02. The minimum atomic E-state index is -0.196. The molecule has 7 nitrogen and oxygen atoms in total. The molecule has 144 valence electrons. The third kappa shape index (κ3) is 2.89. The van der Waals surface area contributed by atoms with Gasteiger partial charge in [0.15, 0.2) is 6.61 Å². The second-order valence-electron chi connectivity index (χ2n) is 6.73. The smallest absolute Gasteiger partial charge is 0.265 e. The van der Waals surface area contributed by atoms with Crippen molar-refractivity contribution < 1.29 is 18.8 Å². The maximum absolute atomic E-state index is 12.7. The van der Waals surface area contributed by atoms with Crippen molar-refractivity contribution in [1.29, 1.82) is 0 Å². The third-order valence-electron chi connectivity index (χ3n) is 5.02. The Labute approximate surface area is 162 Å². The molecule has 0 bridgehead atoms. The van der Waals surface area contributed by atoms with Crippen LogP contribution in [0.25, 0.3) is 11.1 Å². The molecule has 3 aromatic rings. The standard InChI is InChI=1S/C21H21N3O4/c1-12-21(14(3)28-23-12)16-8-19-17(9-18(16)26-4)24(20(25)11-27-19)13(2)15-6-5-7-22-10-15/h5-10,13H,11H2,1-4H3. The summed E-state index contributed by atoms with van der Waals surface area (Å²) < 4.78 is 16.7. The SMILES string of the molecule is COc1cc2c(cc1-c1c(C)noc1C)OCC(=O)N2C(C)c1cccnc1. The maximum atomic E-state index is 12.7. The van der Waals surface area contributed by atoms with E-state index >= 15 is 0 Å². The lowest BCUT2D eigenvalue weighted by molar-refractivity contribution is -0.121. The number of hydrogen-bond acceptors (Lipinski definition) is 6. The van der Waals surface area contributed by atoms with Crippen molar-refractivity contribution in [1.82, 2.24) is 10.1 Å². The van der Waals surface area contributed by atoms with Gasteiger partial charge in [0.05, 0.1) is 30.1 Å². The Bertz CT molecular complexity index is 1010. The summed E-state index contributed by atoms with van der Waals surface area (Å²) in [7, 11) is 1.60. The number of fused-ring (bicyclic) bond motifs is 1. The van der Waals surface area contributed by atoms with E-state index in [1.54, 1.807) is 24.4 Å². The summed E-state index contributed by atoms with van der Waals surface area (Å²) in [6.07, 6.45) is 3.48. The fraction of sp³-hybridized carbons (Fsp3) is 0.286. The van der Waals surface area contributed by atoms with E-state index in [0.717, 1.165) is 22.4 Å². The fourth-order valence-corrected chi connectivity index (χ4v) is 3.63. The Morgan fingerprint density at radius 2 is 2.11 bits per heavy atom. The molecule has 0 spiro atoms. The van der Waals surface area contributed by atoms with Gasteiger partial charge in [0, 0.05) is 24.0 Å². The van der Waals surface area contributed by atoms with Gasteiger partial charge < -0.3 is 14.0 Å². The van der Waals surface area contributed by atoms with Crippen LogP contribution in [-0.4, -0.2) is 29.8 Å². The minimum Gasteiger partial charge on any atom is -0.496 e. The molecule has 1 atom stereocenters. The largest absolute Gasteiger partial charge is 0.496 e. The number of aromatic nitrogens is 2. The first-order valence-electron chi connectivity index (χ1n) is 9.01. The number of pyridine rings is 1. The van der Waals surface area contributed by atoms with Gasteiger partial charge in [-0.15, -0.1) is 0 Å². The number of carbonyl (C=O) groups is 1. The van der Waals surface area contributed by atoms with Gasteiger partial charge in [-0.3, -0.25) is 14.7 Å². The van der Waals surface area contributed by atoms with E-state index < -0.39 is 0 Å². The van der Waals surface area contributed by atoms with Crippen LogP contribution in [0.4, 0.5) is 5.69 Å². The molecule has 4 rings (SSSR count). The van der Waals surface area contributed by atoms with Crippen LogP contribution in [0.2, 0.25) is 0 Å². The Morgan fingerprint density at radius 3 is 2.75 bits per heavy atom. The van der Waals surface area contributed by atoms with E-state index in [1.807, 2.05) is 45.0 Å². The summed E-state index contributed by atoms with van der Waals surface area (Å²) in [5.41, 5.74) is 4.06. The van der Waals surface area contributed by atoms with Crippen LogP contribution in [0.15, 0.2) is 41.2 Å². The number of ether oxygens (including phenoxy) is 2. The zero-order valence-electron chi connectivity index (χ0n) is 16.2. The average Bonchev–Trinajstić information content (AvgIpc) is 3.05. The summed E-state index contributed by atoms with van der Waals surface area (Å²) in [6.45, 7) is 5.69. The van der Waals surface area contributed by atoms with Crippen LogP contribution in [0.5, 0.6) is 11.5 Å². The number of rotatable bonds is 4. The van der Waals surface area contributed by atoms with Gasteiger partial charge in [0.2, 0.25) is 0 Å². The van der Waals surface area contributed by atoms with E-state index in [2.05, 4.69) is 10.1 Å². The lowest BCUT2D eigenvalue weighted by Crippen LogP contribution is -2.40. The van der Waals surface area contributed by atoms with E-state index in [4.69, 9.17) is 14.0 Å². The van der Waals surface area contributed by atoms with E-state index in [0.29, 0.717) is 22.9 Å². The van der Waals surface area contributed by atoms with Crippen molar-refractivity contribution in [3.63, 3.8) is 0 Å². The average molecular weight is 379 g/mol.